The molecule has 0 aromatic carbocycles. The van der Waals surface area contributed by atoms with Crippen molar-refractivity contribution in [2.75, 3.05) is 39.5 Å². The van der Waals surface area contributed by atoms with E-state index in [9.17, 15) is 0 Å². The van der Waals surface area contributed by atoms with Crippen molar-refractivity contribution >= 4 is 29.9 Å². The summed E-state index contributed by atoms with van der Waals surface area (Å²) < 4.78 is 11.1. The van der Waals surface area contributed by atoms with Crippen molar-refractivity contribution in [3.63, 3.8) is 0 Å². The first kappa shape index (κ1) is 22.2. The zero-order valence-electron chi connectivity index (χ0n) is 16.4. The van der Waals surface area contributed by atoms with Crippen molar-refractivity contribution in [3.8, 4) is 0 Å². The van der Waals surface area contributed by atoms with Gasteiger partial charge in [-0.05, 0) is 38.0 Å². The molecule has 1 saturated heterocycles. The van der Waals surface area contributed by atoms with E-state index in [-0.39, 0.29) is 24.0 Å². The summed E-state index contributed by atoms with van der Waals surface area (Å²) in [4.78, 5) is 4.73. The summed E-state index contributed by atoms with van der Waals surface area (Å²) in [7, 11) is 0. The second-order valence-electron chi connectivity index (χ2n) is 7.97. The lowest BCUT2D eigenvalue weighted by atomic mass is 9.85. The van der Waals surface area contributed by atoms with Crippen LogP contribution in [0, 0.1) is 17.8 Å². The third-order valence-corrected chi connectivity index (χ3v) is 5.86. The molecule has 0 aromatic heterocycles. The van der Waals surface area contributed by atoms with E-state index in [1.165, 1.54) is 38.5 Å². The molecule has 2 aliphatic carbocycles. The first-order chi connectivity index (χ1) is 12.4. The minimum absolute atomic E-state index is 0. The van der Waals surface area contributed by atoms with Gasteiger partial charge < -0.3 is 20.1 Å². The Morgan fingerprint density at radius 3 is 2.77 bits per heavy atom. The molecule has 1 heterocycles. The van der Waals surface area contributed by atoms with Crippen LogP contribution in [0.15, 0.2) is 4.99 Å². The fraction of sp³-hybridized carbons (Fsp3) is 0.950. The lowest BCUT2D eigenvalue weighted by molar-refractivity contribution is 0.0893. The first-order valence-electron chi connectivity index (χ1n) is 10.6. The molecule has 0 aromatic rings. The topological polar surface area (TPSA) is 54.9 Å². The number of nitrogens with zero attached hydrogens (tertiary/aromatic N) is 1. The highest BCUT2D eigenvalue weighted by atomic mass is 127. The predicted octanol–water partition coefficient (Wildman–Crippen LogP) is 3.57. The molecule has 3 aliphatic rings. The molecule has 1 aliphatic heterocycles. The molecule has 5 nitrogen and oxygen atoms in total. The van der Waals surface area contributed by atoms with E-state index in [0.29, 0.717) is 12.0 Å². The van der Waals surface area contributed by atoms with Crippen LogP contribution in [0.1, 0.15) is 58.3 Å². The largest absolute Gasteiger partial charge is 0.381 e. The van der Waals surface area contributed by atoms with Crippen LogP contribution < -0.4 is 10.6 Å². The summed E-state index contributed by atoms with van der Waals surface area (Å²) in [5.41, 5.74) is 0. The van der Waals surface area contributed by atoms with Gasteiger partial charge in [-0.15, -0.1) is 24.0 Å². The molecule has 0 spiro atoms. The Labute approximate surface area is 176 Å². The van der Waals surface area contributed by atoms with Crippen molar-refractivity contribution in [1.29, 1.82) is 0 Å². The van der Waals surface area contributed by atoms with E-state index in [2.05, 4.69) is 17.6 Å². The molecule has 3 fully saturated rings. The minimum atomic E-state index is 0. The van der Waals surface area contributed by atoms with E-state index >= 15 is 0 Å². The molecular weight excluding hydrogens is 441 g/mol. The fourth-order valence-corrected chi connectivity index (χ4v) is 4.28. The van der Waals surface area contributed by atoms with Gasteiger partial charge in [-0.25, -0.2) is 0 Å². The lowest BCUT2D eigenvalue weighted by Crippen LogP contribution is -2.39. The Morgan fingerprint density at radius 1 is 1.19 bits per heavy atom. The van der Waals surface area contributed by atoms with Crippen molar-refractivity contribution in [2.24, 2.45) is 22.7 Å². The zero-order valence-corrected chi connectivity index (χ0v) is 18.7. The Morgan fingerprint density at radius 2 is 2.04 bits per heavy atom. The third kappa shape index (κ3) is 7.50. The monoisotopic (exact) mass is 479 g/mol. The summed E-state index contributed by atoms with van der Waals surface area (Å²) in [6.07, 6.45) is 10.7. The second-order valence-corrected chi connectivity index (χ2v) is 7.97. The summed E-state index contributed by atoms with van der Waals surface area (Å²) in [6, 6.07) is 0.652. The van der Waals surface area contributed by atoms with Gasteiger partial charge in [-0.1, -0.05) is 32.1 Å². The molecule has 3 unspecified atom stereocenters. The molecule has 152 valence electrons. The molecule has 3 atom stereocenters. The van der Waals surface area contributed by atoms with Crippen LogP contribution >= 0.6 is 24.0 Å². The second kappa shape index (κ2) is 12.4. The smallest absolute Gasteiger partial charge is 0.191 e. The van der Waals surface area contributed by atoms with Gasteiger partial charge in [-0.2, -0.15) is 0 Å². The van der Waals surface area contributed by atoms with E-state index in [1.807, 2.05) is 0 Å². The average Bonchev–Trinajstić information content (AvgIpc) is 3.20. The number of nitrogens with one attached hydrogen (secondary N) is 2. The molecule has 6 heteroatoms. The number of halogens is 1. The first-order valence-corrected chi connectivity index (χ1v) is 10.6. The van der Waals surface area contributed by atoms with Crippen LogP contribution in [0.3, 0.4) is 0 Å². The molecule has 0 amide bonds. The maximum absolute atomic E-state index is 5.76. The highest BCUT2D eigenvalue weighted by molar-refractivity contribution is 14.0. The van der Waals surface area contributed by atoms with E-state index in [1.54, 1.807) is 0 Å². The number of aliphatic imine (C=N–C) groups is 1. The summed E-state index contributed by atoms with van der Waals surface area (Å²) >= 11 is 0. The van der Waals surface area contributed by atoms with Crippen LogP contribution in [0.2, 0.25) is 0 Å². The van der Waals surface area contributed by atoms with Crippen molar-refractivity contribution in [3.05, 3.63) is 0 Å². The standard InChI is InChI=1S/C20H37N3O2.HI/c1-2-21-20(22-10-6-11-24-14-16-9-12-25-15-16)23-19-13-18(19)17-7-4-3-5-8-17;/h16-19H,2-15H2,1H3,(H2,21,22,23);1H. The molecule has 2 N–H and O–H groups in total. The minimum Gasteiger partial charge on any atom is -0.381 e. The molecule has 2 saturated carbocycles. The SMILES string of the molecule is CCNC(=NCCCOCC1CCOC1)NC1CC1C1CCCCC1.I. The Bertz CT molecular complexity index is 410. The van der Waals surface area contributed by atoms with Crippen LogP contribution in [0.5, 0.6) is 0 Å². The normalized spacial score (nSPS) is 29.3. The van der Waals surface area contributed by atoms with Gasteiger partial charge in [0.25, 0.3) is 0 Å². The fourth-order valence-electron chi connectivity index (χ4n) is 4.28. The van der Waals surface area contributed by atoms with Gasteiger partial charge in [0, 0.05) is 38.3 Å². The zero-order chi connectivity index (χ0) is 17.3. The number of hydrogen-bond acceptors (Lipinski definition) is 3. The van der Waals surface area contributed by atoms with E-state index < -0.39 is 0 Å². The number of rotatable bonds is 9. The van der Waals surface area contributed by atoms with Crippen LogP contribution in [0.4, 0.5) is 0 Å². The number of guanidine groups is 1. The van der Waals surface area contributed by atoms with Crippen LogP contribution in [-0.2, 0) is 9.47 Å². The third-order valence-electron chi connectivity index (χ3n) is 5.86. The lowest BCUT2D eigenvalue weighted by Gasteiger charge is -2.22. The molecule has 0 radical (unpaired) electrons. The number of hydrogen-bond donors (Lipinski definition) is 2. The highest BCUT2D eigenvalue weighted by Gasteiger charge is 2.43. The summed E-state index contributed by atoms with van der Waals surface area (Å²) in [5, 5.41) is 7.05. The Hall–Kier alpha value is -0.0800. The maximum Gasteiger partial charge on any atom is 0.191 e. The van der Waals surface area contributed by atoms with Gasteiger partial charge in [0.2, 0.25) is 0 Å². The quantitative estimate of drug-likeness (QED) is 0.230. The molecule has 0 bridgehead atoms. The molecule has 3 rings (SSSR count). The van der Waals surface area contributed by atoms with Crippen molar-refractivity contribution < 1.29 is 9.47 Å². The van der Waals surface area contributed by atoms with Crippen LogP contribution in [-0.4, -0.2) is 51.5 Å². The maximum atomic E-state index is 5.76. The molecular formula is C20H38IN3O2. The van der Waals surface area contributed by atoms with E-state index in [0.717, 1.165) is 70.2 Å². The number of ether oxygens (including phenoxy) is 2. The van der Waals surface area contributed by atoms with E-state index in [4.69, 9.17) is 14.5 Å². The summed E-state index contributed by atoms with van der Waals surface area (Å²) in [6.45, 7) is 7.30. The van der Waals surface area contributed by atoms with Gasteiger partial charge in [-0.3, -0.25) is 4.99 Å². The molecule has 26 heavy (non-hydrogen) atoms. The van der Waals surface area contributed by atoms with Crippen molar-refractivity contribution in [1.82, 2.24) is 10.6 Å². The highest BCUT2D eigenvalue weighted by Crippen LogP contribution is 2.44. The predicted molar refractivity (Wildman–Crippen MR) is 117 cm³/mol. The van der Waals surface area contributed by atoms with Crippen LogP contribution in [0.25, 0.3) is 0 Å². The Kier molecular flexibility index (Phi) is 10.6. The van der Waals surface area contributed by atoms with Gasteiger partial charge in [0.15, 0.2) is 5.96 Å². The van der Waals surface area contributed by atoms with Crippen molar-refractivity contribution in [2.45, 2.75) is 64.3 Å². The summed E-state index contributed by atoms with van der Waals surface area (Å²) in [5.74, 6) is 3.45. The van der Waals surface area contributed by atoms with Gasteiger partial charge in [0.05, 0.1) is 13.2 Å². The van der Waals surface area contributed by atoms with Gasteiger partial charge >= 0.3 is 0 Å². The van der Waals surface area contributed by atoms with Gasteiger partial charge in [0.1, 0.15) is 0 Å². The average molecular weight is 479 g/mol. The Balaban J connectivity index is 0.00000243.